The maximum absolute atomic E-state index is 10.7. The molecule has 0 amide bonds. The van der Waals surface area contributed by atoms with Crippen LogP contribution in [0.1, 0.15) is 6.42 Å². The van der Waals surface area contributed by atoms with Crippen LogP contribution in [0, 0.1) is 0 Å². The number of sulfonamides is 1. The van der Waals surface area contributed by atoms with Crippen molar-refractivity contribution in [3.8, 4) is 11.5 Å². The summed E-state index contributed by atoms with van der Waals surface area (Å²) in [5.41, 5.74) is 0. The Morgan fingerprint density at radius 3 is 2.33 bits per heavy atom. The molecular weight excluding hydrogens is 390 g/mol. The molecule has 0 aliphatic heterocycles. The lowest BCUT2D eigenvalue weighted by molar-refractivity contribution is 0.314. The summed E-state index contributed by atoms with van der Waals surface area (Å²) in [6.07, 6.45) is 0.342. The number of primary sulfonamides is 1. The monoisotopic (exact) mass is 401 g/mol. The molecule has 18 heavy (non-hydrogen) atoms. The summed E-state index contributed by atoms with van der Waals surface area (Å²) < 4.78 is 33.5. The molecule has 1 aromatic carbocycles. The molecule has 2 N–H and O–H groups in total. The Hall–Kier alpha value is -0.310. The Morgan fingerprint density at radius 1 is 1.22 bits per heavy atom. The van der Waals surface area contributed by atoms with Gasteiger partial charge in [-0.1, -0.05) is 0 Å². The zero-order chi connectivity index (χ0) is 13.8. The quantitative estimate of drug-likeness (QED) is 0.740. The van der Waals surface area contributed by atoms with Gasteiger partial charge in [0.05, 0.1) is 28.4 Å². The Kier molecular flexibility index (Phi) is 5.90. The molecule has 102 valence electrons. The molecule has 0 aliphatic carbocycles. The SMILES string of the molecule is COc1cc(Br)c(OCCCS(N)(=O)=O)cc1Br. The molecule has 0 saturated heterocycles. The zero-order valence-electron chi connectivity index (χ0n) is 9.65. The van der Waals surface area contributed by atoms with Gasteiger partial charge in [0.25, 0.3) is 0 Å². The summed E-state index contributed by atoms with van der Waals surface area (Å²) in [7, 11) is -1.86. The predicted octanol–water partition coefficient (Wildman–Crippen LogP) is 2.28. The van der Waals surface area contributed by atoms with E-state index in [1.54, 1.807) is 19.2 Å². The van der Waals surface area contributed by atoms with E-state index in [4.69, 9.17) is 14.6 Å². The first-order valence-corrected chi connectivity index (χ1v) is 8.30. The lowest BCUT2D eigenvalue weighted by atomic mass is 10.3. The van der Waals surface area contributed by atoms with Gasteiger partial charge in [-0.3, -0.25) is 0 Å². The molecule has 0 spiro atoms. The average Bonchev–Trinajstić information content (AvgIpc) is 2.27. The number of halogens is 2. The highest BCUT2D eigenvalue weighted by Gasteiger charge is 2.09. The van der Waals surface area contributed by atoms with Gasteiger partial charge in [-0.05, 0) is 50.4 Å². The van der Waals surface area contributed by atoms with E-state index < -0.39 is 10.0 Å². The maximum Gasteiger partial charge on any atom is 0.209 e. The second-order valence-electron chi connectivity index (χ2n) is 3.49. The minimum atomic E-state index is -3.43. The van der Waals surface area contributed by atoms with Crippen LogP contribution >= 0.6 is 31.9 Å². The van der Waals surface area contributed by atoms with Crippen LogP contribution in [0.25, 0.3) is 0 Å². The molecule has 0 saturated carbocycles. The van der Waals surface area contributed by atoms with E-state index in [1.807, 2.05) is 0 Å². The van der Waals surface area contributed by atoms with Crippen molar-refractivity contribution in [2.45, 2.75) is 6.42 Å². The molecule has 0 atom stereocenters. The van der Waals surface area contributed by atoms with E-state index in [1.165, 1.54) is 0 Å². The first-order valence-electron chi connectivity index (χ1n) is 5.00. The molecule has 0 aromatic heterocycles. The van der Waals surface area contributed by atoms with Gasteiger partial charge in [-0.15, -0.1) is 0 Å². The number of nitrogens with two attached hydrogens (primary N) is 1. The van der Waals surface area contributed by atoms with Crippen LogP contribution in [0.5, 0.6) is 11.5 Å². The highest BCUT2D eigenvalue weighted by Crippen LogP contribution is 2.35. The molecule has 8 heteroatoms. The summed E-state index contributed by atoms with van der Waals surface area (Å²) in [6.45, 7) is 0.272. The summed E-state index contributed by atoms with van der Waals surface area (Å²) in [6, 6.07) is 3.51. The maximum atomic E-state index is 10.7. The number of hydrogen-bond acceptors (Lipinski definition) is 4. The number of hydrogen-bond donors (Lipinski definition) is 1. The van der Waals surface area contributed by atoms with Crippen LogP contribution in [0.4, 0.5) is 0 Å². The van der Waals surface area contributed by atoms with Crippen molar-refractivity contribution in [2.24, 2.45) is 5.14 Å². The van der Waals surface area contributed by atoms with E-state index in [0.29, 0.717) is 17.9 Å². The lowest BCUT2D eigenvalue weighted by Crippen LogP contribution is -2.18. The molecule has 0 unspecified atom stereocenters. The van der Waals surface area contributed by atoms with Crippen molar-refractivity contribution >= 4 is 41.9 Å². The van der Waals surface area contributed by atoms with Crippen LogP contribution < -0.4 is 14.6 Å². The Bertz CT molecular complexity index is 519. The second kappa shape index (κ2) is 6.74. The molecule has 0 fully saturated rings. The Morgan fingerprint density at radius 2 is 1.78 bits per heavy atom. The molecule has 0 bridgehead atoms. The second-order valence-corrected chi connectivity index (χ2v) is 6.93. The first kappa shape index (κ1) is 15.7. The number of rotatable bonds is 6. The van der Waals surface area contributed by atoms with Gasteiger partial charge in [-0.25, -0.2) is 13.6 Å². The standard InChI is InChI=1S/C10H13Br2NO4S/c1-16-9-5-8(12)10(6-7(9)11)17-3-2-4-18(13,14)15/h5-6H,2-4H2,1H3,(H2,13,14,15). The molecule has 1 aromatic rings. The molecule has 0 radical (unpaired) electrons. The van der Waals surface area contributed by atoms with Gasteiger partial charge in [0.15, 0.2) is 0 Å². The van der Waals surface area contributed by atoms with Gasteiger partial charge in [0, 0.05) is 0 Å². The van der Waals surface area contributed by atoms with Crippen molar-refractivity contribution < 1.29 is 17.9 Å². The molecule has 0 aliphatic rings. The van der Waals surface area contributed by atoms with E-state index >= 15 is 0 Å². The minimum Gasteiger partial charge on any atom is -0.496 e. The van der Waals surface area contributed by atoms with E-state index in [2.05, 4.69) is 31.9 Å². The third-order valence-corrected chi connectivity index (χ3v) is 4.13. The molecule has 0 heterocycles. The summed E-state index contributed by atoms with van der Waals surface area (Å²) >= 11 is 6.69. The van der Waals surface area contributed by atoms with Crippen LogP contribution in [0.3, 0.4) is 0 Å². The third kappa shape index (κ3) is 5.13. The number of benzene rings is 1. The normalized spacial score (nSPS) is 11.3. The van der Waals surface area contributed by atoms with Crippen molar-refractivity contribution in [3.05, 3.63) is 21.1 Å². The van der Waals surface area contributed by atoms with Crippen molar-refractivity contribution in [3.63, 3.8) is 0 Å². The molecular formula is C10H13Br2NO4S. The fraction of sp³-hybridized carbons (Fsp3) is 0.400. The van der Waals surface area contributed by atoms with Crippen molar-refractivity contribution in [1.82, 2.24) is 0 Å². The molecule has 5 nitrogen and oxygen atoms in total. The van der Waals surface area contributed by atoms with Crippen molar-refractivity contribution in [2.75, 3.05) is 19.5 Å². The van der Waals surface area contributed by atoms with Crippen LogP contribution in [-0.4, -0.2) is 27.9 Å². The fourth-order valence-corrected chi connectivity index (χ4v) is 2.66. The summed E-state index contributed by atoms with van der Waals surface area (Å²) in [4.78, 5) is 0. The van der Waals surface area contributed by atoms with Gasteiger partial charge in [0.1, 0.15) is 11.5 Å². The van der Waals surface area contributed by atoms with E-state index in [0.717, 1.165) is 8.95 Å². The average molecular weight is 403 g/mol. The first-order chi connectivity index (χ1) is 8.33. The lowest BCUT2D eigenvalue weighted by Gasteiger charge is -2.10. The Balaban J connectivity index is 2.60. The number of ether oxygens (including phenoxy) is 2. The third-order valence-electron chi connectivity index (χ3n) is 2.04. The highest BCUT2D eigenvalue weighted by atomic mass is 79.9. The topological polar surface area (TPSA) is 78.6 Å². The van der Waals surface area contributed by atoms with Crippen LogP contribution in [0.15, 0.2) is 21.1 Å². The van der Waals surface area contributed by atoms with E-state index in [9.17, 15) is 8.42 Å². The van der Waals surface area contributed by atoms with E-state index in [-0.39, 0.29) is 12.4 Å². The summed E-state index contributed by atoms with van der Waals surface area (Å²) in [5, 5.41) is 4.89. The van der Waals surface area contributed by atoms with Crippen LogP contribution in [0.2, 0.25) is 0 Å². The van der Waals surface area contributed by atoms with Crippen LogP contribution in [-0.2, 0) is 10.0 Å². The highest BCUT2D eigenvalue weighted by molar-refractivity contribution is 9.11. The fourth-order valence-electron chi connectivity index (χ4n) is 1.22. The Labute approximate surface area is 123 Å². The van der Waals surface area contributed by atoms with Gasteiger partial charge >= 0.3 is 0 Å². The van der Waals surface area contributed by atoms with Gasteiger partial charge in [-0.2, -0.15) is 0 Å². The van der Waals surface area contributed by atoms with Crippen molar-refractivity contribution in [1.29, 1.82) is 0 Å². The minimum absolute atomic E-state index is 0.0953. The smallest absolute Gasteiger partial charge is 0.209 e. The largest absolute Gasteiger partial charge is 0.496 e. The molecule has 1 rings (SSSR count). The number of methoxy groups -OCH3 is 1. The van der Waals surface area contributed by atoms with Gasteiger partial charge < -0.3 is 9.47 Å². The zero-order valence-corrected chi connectivity index (χ0v) is 13.6. The predicted molar refractivity (Wildman–Crippen MR) is 76.5 cm³/mol. The van der Waals surface area contributed by atoms with Gasteiger partial charge in [0.2, 0.25) is 10.0 Å². The summed E-state index contributed by atoms with van der Waals surface area (Å²) in [5.74, 6) is 1.19.